The highest BCUT2D eigenvalue weighted by atomic mass is 32.2. The molecule has 226 valence electrons. The number of hydrogen-bond acceptors (Lipinski definition) is 13. The molecule has 5 heterocycles. The third-order valence-electron chi connectivity index (χ3n) is 6.71. The molecule has 2 aromatic carbocycles. The number of aromatic amines is 1. The Bertz CT molecular complexity index is 2080. The average molecular weight is 660 g/mol. The van der Waals surface area contributed by atoms with Crippen LogP contribution in [-0.4, -0.2) is 52.7 Å². The van der Waals surface area contributed by atoms with Gasteiger partial charge >= 0.3 is 0 Å². The molecule has 46 heavy (non-hydrogen) atoms. The van der Waals surface area contributed by atoms with Crippen molar-refractivity contribution in [2.45, 2.75) is 23.4 Å². The number of thiazole rings is 2. The van der Waals surface area contributed by atoms with Crippen LogP contribution in [0.2, 0.25) is 0 Å². The Morgan fingerprint density at radius 1 is 0.804 bits per heavy atom. The number of benzene rings is 2. The van der Waals surface area contributed by atoms with Gasteiger partial charge in [0.25, 0.3) is 0 Å². The van der Waals surface area contributed by atoms with E-state index in [-0.39, 0.29) is 0 Å². The normalized spacial score (nSPS) is 12.1. The number of fused-ring (bicyclic) bond motifs is 2. The molecule has 2 unspecified atom stereocenters. The van der Waals surface area contributed by atoms with Crippen LogP contribution in [0.3, 0.4) is 0 Å². The third-order valence-corrected chi connectivity index (χ3v) is 9.48. The lowest BCUT2D eigenvalue weighted by atomic mass is 10.1. The Balaban J connectivity index is 0.000000167. The van der Waals surface area contributed by atoms with Crippen LogP contribution in [0.15, 0.2) is 90.7 Å². The molecule has 0 bridgehead atoms. The maximum absolute atomic E-state index is 9.67. The number of H-pyrrole nitrogens is 1. The van der Waals surface area contributed by atoms with E-state index >= 15 is 0 Å². The van der Waals surface area contributed by atoms with Crippen molar-refractivity contribution in [2.24, 2.45) is 0 Å². The molecule has 5 aromatic heterocycles. The van der Waals surface area contributed by atoms with Crippen molar-refractivity contribution >= 4 is 60.8 Å². The van der Waals surface area contributed by atoms with Gasteiger partial charge in [-0.3, -0.25) is 0 Å². The van der Waals surface area contributed by atoms with Crippen molar-refractivity contribution in [3.63, 3.8) is 0 Å². The second-order valence-electron chi connectivity index (χ2n) is 9.69. The van der Waals surface area contributed by atoms with Crippen molar-refractivity contribution in [1.82, 2.24) is 39.9 Å². The van der Waals surface area contributed by atoms with Gasteiger partial charge in [0.2, 0.25) is 5.95 Å². The lowest BCUT2D eigenvalue weighted by Crippen LogP contribution is -2.10. The van der Waals surface area contributed by atoms with Gasteiger partial charge in [-0.25, -0.2) is 34.9 Å². The first-order valence-electron chi connectivity index (χ1n) is 14.1. The summed E-state index contributed by atoms with van der Waals surface area (Å²) in [6.45, 7) is 0.671. The number of para-hydroxylation sites is 2. The summed E-state index contributed by atoms with van der Waals surface area (Å²) < 4.78 is 2.15. The Kier molecular flexibility index (Phi) is 9.80. The number of imidazole rings is 1. The minimum atomic E-state index is -0.511. The van der Waals surface area contributed by atoms with Crippen LogP contribution in [0, 0.1) is 22.7 Å². The molecule has 0 aliphatic heterocycles. The molecular weight excluding hydrogens is 635 g/mol. The van der Waals surface area contributed by atoms with Crippen molar-refractivity contribution in [1.29, 1.82) is 10.5 Å². The number of anilines is 1. The number of nitrogens with zero attached hydrogens (tertiary/aromatic N) is 9. The summed E-state index contributed by atoms with van der Waals surface area (Å²) in [6.07, 6.45) is 9.50. The summed E-state index contributed by atoms with van der Waals surface area (Å²) in [5.41, 5.74) is 4.21. The molecule has 11 nitrogen and oxygen atoms in total. The van der Waals surface area contributed by atoms with E-state index in [1.807, 2.05) is 54.8 Å². The van der Waals surface area contributed by atoms with E-state index in [0.29, 0.717) is 29.0 Å². The summed E-state index contributed by atoms with van der Waals surface area (Å²) in [5, 5.41) is 24.5. The molecule has 0 radical (unpaired) electrons. The van der Waals surface area contributed by atoms with Crippen LogP contribution in [0.25, 0.3) is 20.4 Å². The molecule has 0 aliphatic carbocycles. The SMILES string of the molecule is CSc1nccc(C(C#N)c2nc3ccccc3s2)n1.N#CC(c1ccnc(NCCc2cnc[nH]2)n1)c1nc2ccccc2s1. The standard InChI is InChI=1S/C18H15N7S.C14H10N4S2/c19-9-13(17-24-15-3-1-2-4-16(15)26-17)14-6-8-22-18(25-14)21-7-5-12-10-20-11-23-12;1-19-14-16-7-6-10(18-14)9(8-15)13-17-11-4-2-3-5-12(11)20-13/h1-4,6,8,10-11,13H,5,7H2,(H,20,23)(H,21,22,25);2-7,9H,1H3. The van der Waals surface area contributed by atoms with Crippen molar-refractivity contribution < 1.29 is 0 Å². The van der Waals surface area contributed by atoms with Gasteiger partial charge in [-0.1, -0.05) is 36.0 Å². The van der Waals surface area contributed by atoms with Gasteiger partial charge in [0.15, 0.2) is 5.16 Å². The van der Waals surface area contributed by atoms with E-state index in [2.05, 4.69) is 57.3 Å². The second kappa shape index (κ2) is 14.7. The van der Waals surface area contributed by atoms with Gasteiger partial charge in [-0.05, 0) is 42.7 Å². The van der Waals surface area contributed by atoms with Gasteiger partial charge in [-0.2, -0.15) is 10.5 Å². The quantitative estimate of drug-likeness (QED) is 0.127. The second-order valence-corrected chi connectivity index (χ2v) is 12.6. The van der Waals surface area contributed by atoms with Crippen LogP contribution < -0.4 is 5.32 Å². The molecule has 14 heteroatoms. The molecule has 0 spiro atoms. The van der Waals surface area contributed by atoms with Crippen LogP contribution in [0.1, 0.15) is 38.9 Å². The molecule has 2 N–H and O–H groups in total. The molecule has 0 aliphatic rings. The van der Waals surface area contributed by atoms with E-state index < -0.39 is 11.8 Å². The maximum Gasteiger partial charge on any atom is 0.222 e. The van der Waals surface area contributed by atoms with Crippen molar-refractivity contribution in [3.05, 3.63) is 113 Å². The highest BCUT2D eigenvalue weighted by Gasteiger charge is 2.21. The summed E-state index contributed by atoms with van der Waals surface area (Å²) in [7, 11) is 0. The highest BCUT2D eigenvalue weighted by molar-refractivity contribution is 7.98. The Hall–Kier alpha value is -5.28. The van der Waals surface area contributed by atoms with Crippen LogP contribution in [-0.2, 0) is 6.42 Å². The first-order chi connectivity index (χ1) is 22.6. The summed E-state index contributed by atoms with van der Waals surface area (Å²) in [5.74, 6) is -0.451. The Labute approximate surface area is 276 Å². The topological polar surface area (TPSA) is 166 Å². The predicted octanol–water partition coefficient (Wildman–Crippen LogP) is 6.58. The van der Waals surface area contributed by atoms with Gasteiger partial charge < -0.3 is 10.3 Å². The first-order valence-corrected chi connectivity index (χ1v) is 16.9. The van der Waals surface area contributed by atoms with Crippen LogP contribution >= 0.6 is 34.4 Å². The average Bonchev–Trinajstić information content (AvgIpc) is 3.86. The number of nitrogens with one attached hydrogen (secondary N) is 2. The van der Waals surface area contributed by atoms with E-state index in [9.17, 15) is 10.5 Å². The van der Waals surface area contributed by atoms with E-state index in [1.165, 1.54) is 34.4 Å². The minimum Gasteiger partial charge on any atom is -0.354 e. The number of hydrogen-bond donors (Lipinski definition) is 2. The lowest BCUT2D eigenvalue weighted by Gasteiger charge is -2.08. The van der Waals surface area contributed by atoms with E-state index in [0.717, 1.165) is 42.6 Å². The highest BCUT2D eigenvalue weighted by Crippen LogP contribution is 2.32. The fraction of sp³-hybridized carbons (Fsp3) is 0.156. The summed E-state index contributed by atoms with van der Waals surface area (Å²) in [6, 6.07) is 23.9. The zero-order chi connectivity index (χ0) is 31.7. The Morgan fingerprint density at radius 2 is 1.41 bits per heavy atom. The zero-order valence-corrected chi connectivity index (χ0v) is 26.9. The number of thioether (sulfide) groups is 1. The monoisotopic (exact) mass is 659 g/mol. The number of nitriles is 2. The molecule has 0 saturated carbocycles. The number of rotatable bonds is 9. The largest absolute Gasteiger partial charge is 0.354 e. The van der Waals surface area contributed by atoms with Crippen LogP contribution in [0.5, 0.6) is 0 Å². The minimum absolute atomic E-state index is 0.443. The van der Waals surface area contributed by atoms with E-state index in [4.69, 9.17) is 0 Å². The molecule has 0 amide bonds. The molecule has 0 fully saturated rings. The molecular formula is C32H25N11S3. The van der Waals surface area contributed by atoms with Crippen molar-refractivity contribution in [3.8, 4) is 12.1 Å². The molecule has 0 saturated heterocycles. The van der Waals surface area contributed by atoms with E-state index in [1.54, 1.807) is 37.1 Å². The molecule has 2 atom stereocenters. The predicted molar refractivity (Wildman–Crippen MR) is 181 cm³/mol. The Morgan fingerprint density at radius 3 is 1.98 bits per heavy atom. The fourth-order valence-electron chi connectivity index (χ4n) is 4.48. The summed E-state index contributed by atoms with van der Waals surface area (Å²) >= 11 is 4.52. The maximum atomic E-state index is 9.67. The lowest BCUT2D eigenvalue weighted by molar-refractivity contribution is 0.861. The summed E-state index contributed by atoms with van der Waals surface area (Å²) in [4.78, 5) is 33.5. The smallest absolute Gasteiger partial charge is 0.222 e. The zero-order valence-electron chi connectivity index (χ0n) is 24.4. The van der Waals surface area contributed by atoms with Crippen LogP contribution in [0.4, 0.5) is 5.95 Å². The third kappa shape index (κ3) is 7.16. The van der Waals surface area contributed by atoms with Gasteiger partial charge in [0, 0.05) is 37.3 Å². The van der Waals surface area contributed by atoms with Gasteiger partial charge in [0.1, 0.15) is 21.9 Å². The number of aromatic nitrogens is 8. The van der Waals surface area contributed by atoms with Crippen molar-refractivity contribution in [2.75, 3.05) is 18.1 Å². The fourth-order valence-corrected chi connectivity index (χ4v) is 6.90. The van der Waals surface area contributed by atoms with Gasteiger partial charge in [-0.15, -0.1) is 22.7 Å². The first kappa shape index (κ1) is 30.7. The van der Waals surface area contributed by atoms with Gasteiger partial charge in [0.05, 0.1) is 50.3 Å². The molecule has 7 rings (SSSR count). The molecule has 7 aromatic rings.